The maximum absolute atomic E-state index is 10.7. The van der Waals surface area contributed by atoms with Gasteiger partial charge in [-0.15, -0.1) is 0 Å². The predicted molar refractivity (Wildman–Crippen MR) is 48.9 cm³/mol. The zero-order valence-electron chi connectivity index (χ0n) is 7.12. The van der Waals surface area contributed by atoms with E-state index in [0.29, 0.717) is 16.7 Å². The monoisotopic (exact) mass is 321 g/mol. The second-order valence-electron chi connectivity index (χ2n) is 2.59. The molecule has 15 heavy (non-hydrogen) atoms. The van der Waals surface area contributed by atoms with Gasteiger partial charge in [0.05, 0.1) is 0 Å². The van der Waals surface area contributed by atoms with Crippen LogP contribution in [0.3, 0.4) is 0 Å². The van der Waals surface area contributed by atoms with E-state index in [1.165, 1.54) is 0 Å². The molecule has 3 N–H and O–H groups in total. The Kier molecular flexibility index (Phi) is 2.52. The molecule has 0 aliphatic heterocycles. The van der Waals surface area contributed by atoms with Crippen LogP contribution in [0.4, 0.5) is 5.69 Å². The molecule has 0 radical (unpaired) electrons. The molecule has 0 saturated carbocycles. The van der Waals surface area contributed by atoms with E-state index in [-0.39, 0.29) is 0 Å². The second kappa shape index (κ2) is 3.58. The third kappa shape index (κ3) is 2.36. The molecule has 0 unspecified atom stereocenters. The van der Waals surface area contributed by atoms with Crippen LogP contribution in [0.25, 0.3) is 11.0 Å². The van der Waals surface area contributed by atoms with E-state index in [4.69, 9.17) is 10.3 Å². The predicted octanol–water partition coefficient (Wildman–Crippen LogP) is -0.338. The molecule has 2 rings (SSSR count). The number of hydrogen-bond acceptors (Lipinski definition) is 5. The van der Waals surface area contributed by atoms with Gasteiger partial charge in [0.15, 0.2) is 0 Å². The zero-order chi connectivity index (χ0) is 11.1. The van der Waals surface area contributed by atoms with Crippen molar-refractivity contribution in [2.75, 3.05) is 5.73 Å². The van der Waals surface area contributed by atoms with Gasteiger partial charge in [-0.3, -0.25) is 0 Å². The average Bonchev–Trinajstić information content (AvgIpc) is 2.45. The van der Waals surface area contributed by atoms with E-state index in [2.05, 4.69) is 10.3 Å². The molecular weight excluding hydrogens is 316 g/mol. The van der Waals surface area contributed by atoms with Crippen molar-refractivity contribution >= 4 is 24.3 Å². The average molecular weight is 322 g/mol. The van der Waals surface area contributed by atoms with Gasteiger partial charge in [0.2, 0.25) is 0 Å². The Bertz CT molecular complexity index is 608. The molecule has 0 aliphatic rings. The summed E-state index contributed by atoms with van der Waals surface area (Å²) in [7, 11) is -4.09. The van der Waals surface area contributed by atoms with Gasteiger partial charge < -0.3 is 0 Å². The van der Waals surface area contributed by atoms with Crippen molar-refractivity contribution < 1.29 is 31.7 Å². The Morgan fingerprint density at radius 3 is 2.87 bits per heavy atom. The van der Waals surface area contributed by atoms with Gasteiger partial charge in [-0.25, -0.2) is 0 Å². The summed E-state index contributed by atoms with van der Waals surface area (Å²) in [5, 5.41) is 7.34. The molecule has 1 heterocycles. The summed E-state index contributed by atoms with van der Waals surface area (Å²) >= 11 is -0.902. The fraction of sp³-hybridized carbons (Fsp3) is 0. The molecule has 2 aromatic rings. The molecule has 85 valence electrons. The minimum atomic E-state index is -4.09. The first-order valence-electron chi connectivity index (χ1n) is 3.65. The van der Waals surface area contributed by atoms with Crippen LogP contribution < -0.4 is 5.73 Å². The van der Waals surface area contributed by atoms with E-state index in [1.54, 1.807) is 18.2 Å². The molecule has 1 aromatic carbocycles. The first-order chi connectivity index (χ1) is 6.96. The summed E-state index contributed by atoms with van der Waals surface area (Å²) in [6.07, 6.45) is 0. The van der Waals surface area contributed by atoms with Crippen molar-refractivity contribution in [3.63, 3.8) is 0 Å². The Balaban J connectivity index is 2.55. The third-order valence-corrected chi connectivity index (χ3v) is 4.05. The SMILES string of the molecule is Nc1ccc2c(c1)nn[n]2[Ag][S](=O)(=O)O. The molecule has 0 bridgehead atoms. The van der Waals surface area contributed by atoms with Crippen LogP contribution in [0.5, 0.6) is 0 Å². The third-order valence-electron chi connectivity index (χ3n) is 1.53. The summed E-state index contributed by atoms with van der Waals surface area (Å²) in [5.41, 5.74) is 7.04. The van der Waals surface area contributed by atoms with Crippen molar-refractivity contribution in [1.82, 2.24) is 13.4 Å². The zero-order valence-corrected chi connectivity index (χ0v) is 9.42. The number of benzene rings is 1. The number of nitrogen functional groups attached to an aromatic ring is 1. The normalized spacial score (nSPS) is 12.3. The molecule has 7 nitrogen and oxygen atoms in total. The van der Waals surface area contributed by atoms with Gasteiger partial charge in [-0.1, -0.05) is 0 Å². The Morgan fingerprint density at radius 1 is 1.47 bits per heavy atom. The molecule has 0 aliphatic carbocycles. The summed E-state index contributed by atoms with van der Waals surface area (Å²) in [5.74, 6) is 0. The van der Waals surface area contributed by atoms with Crippen molar-refractivity contribution in [3.8, 4) is 0 Å². The molecule has 0 atom stereocenters. The molecule has 1 aromatic heterocycles. The summed E-state index contributed by atoms with van der Waals surface area (Å²) in [4.78, 5) is 0. The van der Waals surface area contributed by atoms with E-state index >= 15 is 0 Å². The van der Waals surface area contributed by atoms with Crippen LogP contribution in [0, 0.1) is 0 Å². The Labute approximate surface area is 93.2 Å². The van der Waals surface area contributed by atoms with Crippen LogP contribution in [0.15, 0.2) is 18.2 Å². The first kappa shape index (κ1) is 10.6. The molecule has 0 spiro atoms. The van der Waals surface area contributed by atoms with Gasteiger partial charge in [0, 0.05) is 0 Å². The quantitative estimate of drug-likeness (QED) is 0.445. The first-order valence-corrected chi connectivity index (χ1v) is 7.40. The van der Waals surface area contributed by atoms with Crippen LogP contribution in [0.2, 0.25) is 0 Å². The molecule has 0 saturated heterocycles. The van der Waals surface area contributed by atoms with Gasteiger partial charge in [0.25, 0.3) is 0 Å². The Hall–Kier alpha value is -0.930. The number of nitrogens with two attached hydrogens (primary N) is 1. The van der Waals surface area contributed by atoms with Gasteiger partial charge in [-0.2, -0.15) is 0 Å². The molecule has 0 fully saturated rings. The summed E-state index contributed by atoms with van der Waals surface area (Å²) < 4.78 is 31.1. The summed E-state index contributed by atoms with van der Waals surface area (Å²) in [6, 6.07) is 4.79. The Morgan fingerprint density at radius 2 is 2.20 bits per heavy atom. The number of fused-ring (bicyclic) bond motifs is 1. The van der Waals surface area contributed by atoms with E-state index in [1.807, 2.05) is 0 Å². The fourth-order valence-corrected chi connectivity index (χ4v) is 3.13. The molecule has 0 amide bonds. The number of aromatic nitrogens is 3. The fourth-order valence-electron chi connectivity index (χ4n) is 1.00. The van der Waals surface area contributed by atoms with Crippen molar-refractivity contribution in [2.24, 2.45) is 0 Å². The van der Waals surface area contributed by atoms with Crippen molar-refractivity contribution in [3.05, 3.63) is 18.2 Å². The van der Waals surface area contributed by atoms with E-state index < -0.39 is 26.3 Å². The topological polar surface area (TPSA) is 111 Å². The molecule has 9 heteroatoms. The van der Waals surface area contributed by atoms with Crippen molar-refractivity contribution in [2.45, 2.75) is 0 Å². The van der Waals surface area contributed by atoms with Gasteiger partial charge in [0.1, 0.15) is 0 Å². The van der Waals surface area contributed by atoms with Crippen LogP contribution in [-0.2, 0) is 26.3 Å². The second-order valence-corrected chi connectivity index (χ2v) is 7.18. The standard InChI is InChI=1S/C6H5N4.Ag.HO3S/c7-4-1-2-5-6(3-4)9-10-8-5;;1-4(2)3/h1-3H,7H2;;(H,1,2,3)/q-1;+1;. The van der Waals surface area contributed by atoms with Gasteiger partial charge in [-0.05, 0) is 0 Å². The van der Waals surface area contributed by atoms with Crippen LogP contribution in [-0.4, -0.2) is 26.4 Å². The van der Waals surface area contributed by atoms with Crippen molar-refractivity contribution in [1.29, 1.82) is 0 Å². The maximum atomic E-state index is 10.7. The van der Waals surface area contributed by atoms with Crippen LogP contribution >= 0.6 is 0 Å². The minimum absolute atomic E-state index is 0.492. The molecular formula is C6H6AgN4O3S. The van der Waals surface area contributed by atoms with Gasteiger partial charge >= 0.3 is 93.3 Å². The number of nitrogens with zero attached hydrogens (tertiary/aromatic N) is 3. The van der Waals surface area contributed by atoms with Crippen LogP contribution in [0.1, 0.15) is 0 Å². The number of rotatable bonds is 2. The number of anilines is 1. The summed E-state index contributed by atoms with van der Waals surface area (Å²) in [6.45, 7) is 0. The van der Waals surface area contributed by atoms with E-state index in [9.17, 15) is 8.42 Å². The number of hydrogen-bond donors (Lipinski definition) is 2. The van der Waals surface area contributed by atoms with E-state index in [0.717, 1.165) is 3.09 Å².